The van der Waals surface area contributed by atoms with Crippen LogP contribution < -0.4 is 0 Å². The van der Waals surface area contributed by atoms with Gasteiger partial charge < -0.3 is 14.4 Å². The lowest BCUT2D eigenvalue weighted by Gasteiger charge is -2.22. The molecule has 138 valence electrons. The van der Waals surface area contributed by atoms with Crippen molar-refractivity contribution in [1.82, 2.24) is 4.90 Å². The van der Waals surface area contributed by atoms with Gasteiger partial charge in [-0.05, 0) is 18.4 Å². The van der Waals surface area contributed by atoms with Gasteiger partial charge in [0, 0.05) is 6.54 Å². The molecule has 0 N–H and O–H groups in total. The van der Waals surface area contributed by atoms with Crippen molar-refractivity contribution in [2.24, 2.45) is 11.8 Å². The number of carbonyl (C=O) groups excluding carboxylic acids is 2. The summed E-state index contributed by atoms with van der Waals surface area (Å²) in [4.78, 5) is 27.5. The summed E-state index contributed by atoms with van der Waals surface area (Å²) < 4.78 is 11.5. The number of unbranched alkanes of at least 4 members (excludes halogenated alkanes) is 1. The normalized spacial score (nSPS) is 31.5. The molecule has 1 amide bonds. The first-order chi connectivity index (χ1) is 12.6. The fourth-order valence-corrected chi connectivity index (χ4v) is 4.36. The van der Waals surface area contributed by atoms with E-state index in [1.807, 2.05) is 35.3 Å². The molecule has 3 aliphatic heterocycles. The Kier molecular flexibility index (Phi) is 4.57. The molecule has 0 saturated carbocycles. The number of nitrogens with zero attached hydrogens (tertiary/aromatic N) is 1. The predicted molar refractivity (Wildman–Crippen MR) is 96.3 cm³/mol. The Labute approximate surface area is 154 Å². The number of hydrogen-bond acceptors (Lipinski definition) is 4. The Balaban J connectivity index is 1.45. The zero-order valence-corrected chi connectivity index (χ0v) is 15.1. The van der Waals surface area contributed by atoms with Gasteiger partial charge in [0.1, 0.15) is 11.5 Å². The second-order valence-electron chi connectivity index (χ2n) is 7.42. The van der Waals surface area contributed by atoms with Gasteiger partial charge in [0.25, 0.3) is 0 Å². The van der Waals surface area contributed by atoms with Gasteiger partial charge in [-0.2, -0.15) is 0 Å². The number of carbonyl (C=O) groups is 2. The van der Waals surface area contributed by atoms with Crippen molar-refractivity contribution in [3.8, 4) is 0 Å². The lowest BCUT2D eigenvalue weighted by Crippen LogP contribution is -2.40. The zero-order chi connectivity index (χ0) is 18.1. The molecule has 2 fully saturated rings. The molecule has 0 radical (unpaired) electrons. The zero-order valence-electron chi connectivity index (χ0n) is 15.1. The maximum Gasteiger partial charge on any atom is 0.312 e. The van der Waals surface area contributed by atoms with Crippen molar-refractivity contribution in [1.29, 1.82) is 0 Å². The summed E-state index contributed by atoms with van der Waals surface area (Å²) in [6.45, 7) is 3.63. The third-order valence-corrected chi connectivity index (χ3v) is 5.71. The molecule has 2 saturated heterocycles. The Morgan fingerprint density at radius 3 is 2.92 bits per heavy atom. The third-order valence-electron chi connectivity index (χ3n) is 5.71. The highest BCUT2D eigenvalue weighted by atomic mass is 16.6. The van der Waals surface area contributed by atoms with Crippen LogP contribution in [-0.2, 0) is 25.5 Å². The first-order valence-electron chi connectivity index (χ1n) is 9.51. The number of fused-ring (bicyclic) bond motifs is 1. The van der Waals surface area contributed by atoms with E-state index in [0.717, 1.165) is 19.3 Å². The van der Waals surface area contributed by atoms with Crippen LogP contribution >= 0.6 is 0 Å². The summed E-state index contributed by atoms with van der Waals surface area (Å²) in [5.74, 6) is -1.23. The second kappa shape index (κ2) is 6.88. The Bertz CT molecular complexity index is 716. The predicted octanol–water partition coefficient (Wildman–Crippen LogP) is 2.35. The minimum Gasteiger partial charge on any atom is -0.465 e. The molecule has 0 unspecified atom stereocenters. The fraction of sp³-hybridized carbons (Fsp3) is 0.524. The van der Waals surface area contributed by atoms with Crippen LogP contribution in [0.3, 0.4) is 0 Å². The van der Waals surface area contributed by atoms with Gasteiger partial charge in [0.05, 0.1) is 25.2 Å². The summed E-state index contributed by atoms with van der Waals surface area (Å²) in [7, 11) is 0. The number of ether oxygens (including phenoxy) is 2. The maximum atomic E-state index is 13.0. The van der Waals surface area contributed by atoms with Crippen LogP contribution in [-0.4, -0.2) is 48.2 Å². The van der Waals surface area contributed by atoms with Gasteiger partial charge in [-0.25, -0.2) is 0 Å². The first-order valence-corrected chi connectivity index (χ1v) is 9.51. The Morgan fingerprint density at radius 1 is 1.35 bits per heavy atom. The van der Waals surface area contributed by atoms with Crippen molar-refractivity contribution >= 4 is 11.9 Å². The number of likely N-dealkylation sites (tertiary alicyclic amines) is 1. The number of benzene rings is 1. The molecule has 3 aliphatic rings. The number of esters is 1. The molecule has 5 heteroatoms. The second-order valence-corrected chi connectivity index (χ2v) is 7.42. The highest BCUT2D eigenvalue weighted by Crippen LogP contribution is 2.52. The van der Waals surface area contributed by atoms with Gasteiger partial charge >= 0.3 is 5.97 Å². The lowest BCUT2D eigenvalue weighted by molar-refractivity contribution is -0.153. The molecule has 0 aromatic heterocycles. The summed E-state index contributed by atoms with van der Waals surface area (Å²) in [6, 6.07) is 10.1. The molecule has 2 bridgehead atoms. The van der Waals surface area contributed by atoms with E-state index in [1.165, 1.54) is 5.56 Å². The molecule has 1 aromatic carbocycles. The summed E-state index contributed by atoms with van der Waals surface area (Å²) in [5.41, 5.74) is 0.554. The SMILES string of the molecule is CCCCOC(=O)[C@@H]1[C@H]2C(=O)N(CCc3ccccc3)C[C@]23C=C[C@H]1O3. The Hall–Kier alpha value is -2.14. The number of amides is 1. The van der Waals surface area contributed by atoms with E-state index >= 15 is 0 Å². The first kappa shape index (κ1) is 17.3. The van der Waals surface area contributed by atoms with Gasteiger partial charge in [0.2, 0.25) is 5.91 Å². The number of rotatable bonds is 7. The fourth-order valence-electron chi connectivity index (χ4n) is 4.36. The molecule has 0 aliphatic carbocycles. The minimum atomic E-state index is -0.646. The average molecular weight is 355 g/mol. The van der Waals surface area contributed by atoms with Crippen LogP contribution in [0.1, 0.15) is 25.3 Å². The molecule has 4 rings (SSSR count). The molecule has 26 heavy (non-hydrogen) atoms. The molecule has 5 nitrogen and oxygen atoms in total. The largest absolute Gasteiger partial charge is 0.465 e. The molecular weight excluding hydrogens is 330 g/mol. The van der Waals surface area contributed by atoms with E-state index in [0.29, 0.717) is 19.7 Å². The monoisotopic (exact) mass is 355 g/mol. The van der Waals surface area contributed by atoms with Crippen LogP contribution in [0.5, 0.6) is 0 Å². The van der Waals surface area contributed by atoms with Gasteiger partial charge in [0.15, 0.2) is 0 Å². The Morgan fingerprint density at radius 2 is 2.15 bits per heavy atom. The summed E-state index contributed by atoms with van der Waals surface area (Å²) in [6.07, 6.45) is 6.20. The molecule has 1 aromatic rings. The summed E-state index contributed by atoms with van der Waals surface area (Å²) in [5, 5.41) is 0. The van der Waals surface area contributed by atoms with Crippen molar-refractivity contribution in [3.05, 3.63) is 48.0 Å². The van der Waals surface area contributed by atoms with E-state index in [4.69, 9.17) is 9.47 Å². The van der Waals surface area contributed by atoms with Gasteiger partial charge in [-0.15, -0.1) is 0 Å². The molecular formula is C21H25NO4. The lowest BCUT2D eigenvalue weighted by atomic mass is 9.77. The van der Waals surface area contributed by atoms with E-state index in [9.17, 15) is 9.59 Å². The van der Waals surface area contributed by atoms with E-state index < -0.39 is 17.4 Å². The average Bonchev–Trinajstić information content (AvgIpc) is 3.29. The van der Waals surface area contributed by atoms with Crippen LogP contribution in [0.15, 0.2) is 42.5 Å². The number of hydrogen-bond donors (Lipinski definition) is 0. The third kappa shape index (κ3) is 2.84. The quantitative estimate of drug-likeness (QED) is 0.428. The minimum absolute atomic E-state index is 0.0187. The van der Waals surface area contributed by atoms with Crippen LogP contribution in [0.4, 0.5) is 0 Å². The highest BCUT2D eigenvalue weighted by molar-refractivity contribution is 5.91. The van der Waals surface area contributed by atoms with Crippen molar-refractivity contribution in [2.45, 2.75) is 37.9 Å². The topological polar surface area (TPSA) is 55.8 Å². The maximum absolute atomic E-state index is 13.0. The van der Waals surface area contributed by atoms with E-state index in [2.05, 4.69) is 19.1 Å². The van der Waals surface area contributed by atoms with Crippen molar-refractivity contribution < 1.29 is 19.1 Å². The van der Waals surface area contributed by atoms with E-state index in [1.54, 1.807) is 0 Å². The molecule has 4 atom stereocenters. The molecule has 1 spiro atoms. The van der Waals surface area contributed by atoms with Crippen molar-refractivity contribution in [3.63, 3.8) is 0 Å². The molecule has 3 heterocycles. The summed E-state index contributed by atoms with van der Waals surface area (Å²) >= 11 is 0. The van der Waals surface area contributed by atoms with Crippen LogP contribution in [0.2, 0.25) is 0 Å². The van der Waals surface area contributed by atoms with E-state index in [-0.39, 0.29) is 18.0 Å². The van der Waals surface area contributed by atoms with Gasteiger partial charge in [-0.3, -0.25) is 9.59 Å². The van der Waals surface area contributed by atoms with Crippen LogP contribution in [0.25, 0.3) is 0 Å². The van der Waals surface area contributed by atoms with Crippen molar-refractivity contribution in [2.75, 3.05) is 19.7 Å². The van der Waals surface area contributed by atoms with Gasteiger partial charge in [-0.1, -0.05) is 55.8 Å². The standard InChI is InChI=1S/C21H25NO4/c1-2-3-13-25-20(24)17-16-9-11-21(26-16)14-22(19(23)18(17)21)12-10-15-7-5-4-6-8-15/h4-9,11,16-18H,2-3,10,12-14H2,1H3/t16-,17+,18+,21-/m1/s1. The highest BCUT2D eigenvalue weighted by Gasteiger charge is 2.67. The van der Waals surface area contributed by atoms with Crippen LogP contribution in [0, 0.1) is 11.8 Å². The smallest absolute Gasteiger partial charge is 0.312 e.